The minimum atomic E-state index is -0.838. The summed E-state index contributed by atoms with van der Waals surface area (Å²) in [6, 6.07) is 9.10. The van der Waals surface area contributed by atoms with Crippen LogP contribution < -0.4 is 14.2 Å². The topological polar surface area (TPSA) is 80.3 Å². The second kappa shape index (κ2) is 8.03. The molecular formula is C22H24O7. The quantitative estimate of drug-likeness (QED) is 0.655. The third-order valence-corrected chi connectivity index (χ3v) is 4.48. The van der Waals surface area contributed by atoms with Gasteiger partial charge < -0.3 is 23.7 Å². The van der Waals surface area contributed by atoms with Gasteiger partial charge in [0, 0.05) is 18.1 Å². The summed E-state index contributed by atoms with van der Waals surface area (Å²) in [5.41, 5.74) is 2.13. The van der Waals surface area contributed by atoms with Gasteiger partial charge in [0.15, 0.2) is 11.5 Å². The molecule has 1 aliphatic rings. The monoisotopic (exact) mass is 400 g/mol. The molecule has 0 saturated carbocycles. The standard InChI is InChI=1S/C22H24O7/c1-13(23)29-22(2,3)12-28-19-16(8-9-18(25-4)20(19)26-5)14-6-7-17-15(10-14)11-27-21(17)24/h6-10H,11-12H2,1-5H3. The molecule has 2 aromatic rings. The fraction of sp³-hybridized carbons (Fsp3) is 0.364. The van der Waals surface area contributed by atoms with E-state index in [1.807, 2.05) is 18.2 Å². The normalized spacial score (nSPS) is 12.8. The average molecular weight is 400 g/mol. The molecule has 1 heterocycles. The molecule has 0 bridgehead atoms. The fourth-order valence-corrected chi connectivity index (χ4v) is 3.23. The van der Waals surface area contributed by atoms with Crippen molar-refractivity contribution in [2.24, 2.45) is 0 Å². The van der Waals surface area contributed by atoms with Crippen LogP contribution in [0.3, 0.4) is 0 Å². The number of fused-ring (bicyclic) bond motifs is 1. The van der Waals surface area contributed by atoms with Gasteiger partial charge in [0.2, 0.25) is 5.75 Å². The zero-order valence-electron chi connectivity index (χ0n) is 17.2. The maximum Gasteiger partial charge on any atom is 0.338 e. The van der Waals surface area contributed by atoms with E-state index in [1.165, 1.54) is 14.0 Å². The molecule has 0 radical (unpaired) electrons. The highest BCUT2D eigenvalue weighted by atomic mass is 16.6. The number of hydrogen-bond donors (Lipinski definition) is 0. The molecule has 7 nitrogen and oxygen atoms in total. The SMILES string of the molecule is COc1ccc(-c2ccc3c(c2)COC3=O)c(OCC(C)(C)OC(C)=O)c1OC. The Morgan fingerprint density at radius 3 is 2.45 bits per heavy atom. The molecular weight excluding hydrogens is 376 g/mol. The lowest BCUT2D eigenvalue weighted by Crippen LogP contribution is -2.34. The number of carbonyl (C=O) groups is 2. The highest BCUT2D eigenvalue weighted by molar-refractivity contribution is 5.94. The molecule has 3 rings (SSSR count). The Morgan fingerprint density at radius 1 is 1.07 bits per heavy atom. The molecule has 0 aliphatic carbocycles. The number of cyclic esters (lactones) is 1. The third-order valence-electron chi connectivity index (χ3n) is 4.48. The molecule has 154 valence electrons. The van der Waals surface area contributed by atoms with Gasteiger partial charge in [-0.15, -0.1) is 0 Å². The van der Waals surface area contributed by atoms with Crippen molar-refractivity contribution >= 4 is 11.9 Å². The first-order chi connectivity index (χ1) is 13.8. The summed E-state index contributed by atoms with van der Waals surface area (Å²) in [5.74, 6) is 0.683. The van der Waals surface area contributed by atoms with Gasteiger partial charge >= 0.3 is 11.9 Å². The summed E-state index contributed by atoms with van der Waals surface area (Å²) < 4.78 is 27.4. The van der Waals surface area contributed by atoms with Crippen LogP contribution in [0.15, 0.2) is 30.3 Å². The number of rotatable bonds is 7. The van der Waals surface area contributed by atoms with Gasteiger partial charge in [0.25, 0.3) is 0 Å². The predicted molar refractivity (Wildman–Crippen MR) is 105 cm³/mol. The Hall–Kier alpha value is -3.22. The van der Waals surface area contributed by atoms with Crippen molar-refractivity contribution in [2.45, 2.75) is 33.0 Å². The number of hydrogen-bond acceptors (Lipinski definition) is 7. The van der Waals surface area contributed by atoms with Gasteiger partial charge in [-0.1, -0.05) is 6.07 Å². The van der Waals surface area contributed by atoms with E-state index in [4.69, 9.17) is 23.7 Å². The smallest absolute Gasteiger partial charge is 0.338 e. The third kappa shape index (κ3) is 4.29. The first kappa shape index (κ1) is 20.5. The number of methoxy groups -OCH3 is 2. The molecule has 0 atom stereocenters. The minimum absolute atomic E-state index is 0.107. The van der Waals surface area contributed by atoms with E-state index in [1.54, 1.807) is 33.1 Å². The Labute approximate surface area is 169 Å². The van der Waals surface area contributed by atoms with E-state index in [0.29, 0.717) is 22.8 Å². The molecule has 29 heavy (non-hydrogen) atoms. The first-order valence-corrected chi connectivity index (χ1v) is 9.13. The van der Waals surface area contributed by atoms with Crippen LogP contribution in [0.2, 0.25) is 0 Å². The molecule has 0 saturated heterocycles. The highest BCUT2D eigenvalue weighted by Gasteiger charge is 2.27. The first-order valence-electron chi connectivity index (χ1n) is 9.13. The van der Waals surface area contributed by atoms with Crippen molar-refractivity contribution in [1.82, 2.24) is 0 Å². The number of esters is 2. The lowest BCUT2D eigenvalue weighted by molar-refractivity contribution is -0.156. The summed E-state index contributed by atoms with van der Waals surface area (Å²) in [7, 11) is 3.07. The van der Waals surface area contributed by atoms with Crippen LogP contribution in [0.1, 0.15) is 36.7 Å². The predicted octanol–water partition coefficient (Wildman–Crippen LogP) is 3.76. The lowest BCUT2D eigenvalue weighted by Gasteiger charge is -2.26. The maximum absolute atomic E-state index is 11.7. The summed E-state index contributed by atoms with van der Waals surface area (Å²) in [6.07, 6.45) is 0. The van der Waals surface area contributed by atoms with Gasteiger partial charge in [-0.3, -0.25) is 4.79 Å². The van der Waals surface area contributed by atoms with Gasteiger partial charge in [0.05, 0.1) is 19.8 Å². The molecule has 0 spiro atoms. The lowest BCUT2D eigenvalue weighted by atomic mass is 9.99. The van der Waals surface area contributed by atoms with Crippen molar-refractivity contribution in [3.05, 3.63) is 41.5 Å². The van der Waals surface area contributed by atoms with Crippen molar-refractivity contribution in [3.63, 3.8) is 0 Å². The molecule has 0 N–H and O–H groups in total. The van der Waals surface area contributed by atoms with Crippen LogP contribution in [0.5, 0.6) is 17.2 Å². The molecule has 0 aromatic heterocycles. The summed E-state index contributed by atoms with van der Waals surface area (Å²) in [4.78, 5) is 23.1. The average Bonchev–Trinajstić information content (AvgIpc) is 3.04. The zero-order valence-corrected chi connectivity index (χ0v) is 17.2. The second-order valence-electron chi connectivity index (χ2n) is 7.27. The van der Waals surface area contributed by atoms with E-state index in [-0.39, 0.29) is 25.2 Å². The van der Waals surface area contributed by atoms with E-state index in [9.17, 15) is 9.59 Å². The molecule has 0 unspecified atom stereocenters. The molecule has 0 amide bonds. The van der Waals surface area contributed by atoms with Crippen LogP contribution in [-0.4, -0.2) is 38.4 Å². The minimum Gasteiger partial charge on any atom is -0.493 e. The Bertz CT molecular complexity index is 946. The van der Waals surface area contributed by atoms with E-state index >= 15 is 0 Å². The number of ether oxygens (including phenoxy) is 5. The Morgan fingerprint density at radius 2 is 1.79 bits per heavy atom. The fourth-order valence-electron chi connectivity index (χ4n) is 3.23. The maximum atomic E-state index is 11.7. The second-order valence-corrected chi connectivity index (χ2v) is 7.27. The zero-order chi connectivity index (χ0) is 21.2. The largest absolute Gasteiger partial charge is 0.493 e. The summed E-state index contributed by atoms with van der Waals surface area (Å²) >= 11 is 0. The van der Waals surface area contributed by atoms with E-state index in [2.05, 4.69) is 0 Å². The van der Waals surface area contributed by atoms with Crippen LogP contribution >= 0.6 is 0 Å². The molecule has 7 heteroatoms. The van der Waals surface area contributed by atoms with Crippen molar-refractivity contribution in [2.75, 3.05) is 20.8 Å². The van der Waals surface area contributed by atoms with Gasteiger partial charge in [-0.2, -0.15) is 0 Å². The molecule has 0 fully saturated rings. The number of benzene rings is 2. The van der Waals surface area contributed by atoms with Crippen LogP contribution in [0.4, 0.5) is 0 Å². The molecule has 1 aliphatic heterocycles. The van der Waals surface area contributed by atoms with Crippen molar-refractivity contribution in [1.29, 1.82) is 0 Å². The Balaban J connectivity index is 2.03. The van der Waals surface area contributed by atoms with Gasteiger partial charge in [-0.05, 0) is 43.7 Å². The van der Waals surface area contributed by atoms with Crippen molar-refractivity contribution in [3.8, 4) is 28.4 Å². The van der Waals surface area contributed by atoms with Gasteiger partial charge in [-0.25, -0.2) is 4.79 Å². The van der Waals surface area contributed by atoms with E-state index < -0.39 is 5.60 Å². The van der Waals surface area contributed by atoms with Gasteiger partial charge in [0.1, 0.15) is 18.8 Å². The van der Waals surface area contributed by atoms with E-state index in [0.717, 1.165) is 16.7 Å². The molecule has 2 aromatic carbocycles. The summed E-state index contributed by atoms with van der Waals surface area (Å²) in [5, 5.41) is 0. The van der Waals surface area contributed by atoms with Crippen LogP contribution in [0.25, 0.3) is 11.1 Å². The van der Waals surface area contributed by atoms with Crippen LogP contribution in [-0.2, 0) is 20.9 Å². The Kier molecular flexibility index (Phi) is 5.68. The highest BCUT2D eigenvalue weighted by Crippen LogP contribution is 2.45. The number of carbonyl (C=O) groups excluding carboxylic acids is 2. The van der Waals surface area contributed by atoms with Crippen molar-refractivity contribution < 1.29 is 33.3 Å². The van der Waals surface area contributed by atoms with Crippen LogP contribution in [0, 0.1) is 0 Å². The summed E-state index contributed by atoms with van der Waals surface area (Å²) in [6.45, 7) is 5.23.